The van der Waals surface area contributed by atoms with Gasteiger partial charge in [-0.15, -0.1) is 0 Å². The maximum atomic E-state index is 12.7. The van der Waals surface area contributed by atoms with E-state index in [2.05, 4.69) is 24.0 Å². The average molecular weight is 318 g/mol. The van der Waals surface area contributed by atoms with Crippen molar-refractivity contribution in [3.8, 4) is 0 Å². The fraction of sp³-hybridized carbons (Fsp3) is 0.632. The summed E-state index contributed by atoms with van der Waals surface area (Å²) in [5.74, 6) is 0.178. The van der Waals surface area contributed by atoms with Gasteiger partial charge in [-0.25, -0.2) is 0 Å². The molecule has 0 aromatic heterocycles. The van der Waals surface area contributed by atoms with Crippen LogP contribution in [0.2, 0.25) is 0 Å². The molecule has 0 radical (unpaired) electrons. The van der Waals surface area contributed by atoms with Crippen LogP contribution in [-0.2, 0) is 11.3 Å². The second kappa shape index (κ2) is 7.93. The van der Waals surface area contributed by atoms with Crippen LogP contribution in [0.25, 0.3) is 0 Å². The van der Waals surface area contributed by atoms with E-state index in [-0.39, 0.29) is 5.91 Å². The highest BCUT2D eigenvalue weighted by Gasteiger charge is 2.26. The normalized spacial score (nSPS) is 19.2. The molecular formula is C19H30N2O2. The van der Waals surface area contributed by atoms with Crippen molar-refractivity contribution in [2.75, 3.05) is 19.6 Å². The number of hydrogen-bond donors (Lipinski definition) is 1. The zero-order valence-electron chi connectivity index (χ0n) is 14.7. The van der Waals surface area contributed by atoms with Gasteiger partial charge in [0.15, 0.2) is 0 Å². The van der Waals surface area contributed by atoms with Crippen LogP contribution in [0.1, 0.15) is 45.6 Å². The Bertz CT molecular complexity index is 496. The van der Waals surface area contributed by atoms with Crippen molar-refractivity contribution in [2.45, 2.75) is 58.2 Å². The lowest BCUT2D eigenvalue weighted by atomic mass is 10.0. The predicted molar refractivity (Wildman–Crippen MR) is 93.0 cm³/mol. The van der Waals surface area contributed by atoms with Crippen molar-refractivity contribution in [2.24, 2.45) is 0 Å². The zero-order valence-corrected chi connectivity index (χ0v) is 14.7. The molecule has 1 saturated heterocycles. The van der Waals surface area contributed by atoms with E-state index in [9.17, 15) is 9.90 Å². The maximum absolute atomic E-state index is 12.7. The van der Waals surface area contributed by atoms with Gasteiger partial charge in [0.2, 0.25) is 5.91 Å². The summed E-state index contributed by atoms with van der Waals surface area (Å²) in [5, 5.41) is 10.2. The number of benzene rings is 1. The molecular weight excluding hydrogens is 288 g/mol. The molecule has 1 fully saturated rings. The summed E-state index contributed by atoms with van der Waals surface area (Å²) in [7, 11) is 0. The SMILES string of the molecule is CC1CCCCN1C(=O)CN(Cc1ccccc1)CC(C)(C)O. The Morgan fingerprint density at radius 1 is 1.30 bits per heavy atom. The Labute approximate surface area is 140 Å². The standard InChI is InChI=1S/C19H30N2O2/c1-16-9-7-8-12-21(16)18(22)14-20(15-19(2,3)23)13-17-10-5-4-6-11-17/h4-6,10-11,16,23H,7-9,12-15H2,1-3H3. The second-order valence-electron chi connectivity index (χ2n) is 7.38. The van der Waals surface area contributed by atoms with Gasteiger partial charge >= 0.3 is 0 Å². The molecule has 0 aliphatic carbocycles. The van der Waals surface area contributed by atoms with Crippen molar-refractivity contribution >= 4 is 5.91 Å². The van der Waals surface area contributed by atoms with Crippen molar-refractivity contribution in [1.82, 2.24) is 9.80 Å². The molecule has 1 N–H and O–H groups in total. The first kappa shape index (κ1) is 18.0. The molecule has 1 aliphatic heterocycles. The maximum Gasteiger partial charge on any atom is 0.236 e. The Morgan fingerprint density at radius 2 is 2.00 bits per heavy atom. The molecule has 23 heavy (non-hydrogen) atoms. The van der Waals surface area contributed by atoms with E-state index >= 15 is 0 Å². The van der Waals surface area contributed by atoms with Crippen LogP contribution in [0.4, 0.5) is 0 Å². The van der Waals surface area contributed by atoms with Gasteiger partial charge in [-0.2, -0.15) is 0 Å². The van der Waals surface area contributed by atoms with Crippen LogP contribution in [0.15, 0.2) is 30.3 Å². The van der Waals surface area contributed by atoms with Crippen molar-refractivity contribution in [3.63, 3.8) is 0 Å². The minimum Gasteiger partial charge on any atom is -0.389 e. The van der Waals surface area contributed by atoms with Crippen LogP contribution >= 0.6 is 0 Å². The Kier molecular flexibility index (Phi) is 6.19. The number of carbonyl (C=O) groups is 1. The van der Waals surface area contributed by atoms with E-state index in [1.807, 2.05) is 23.1 Å². The highest BCUT2D eigenvalue weighted by atomic mass is 16.3. The van der Waals surface area contributed by atoms with Crippen molar-refractivity contribution in [3.05, 3.63) is 35.9 Å². The zero-order chi connectivity index (χ0) is 16.9. The molecule has 1 aliphatic rings. The second-order valence-corrected chi connectivity index (χ2v) is 7.38. The third-order valence-corrected chi connectivity index (χ3v) is 4.34. The number of rotatable bonds is 6. The van der Waals surface area contributed by atoms with E-state index in [1.54, 1.807) is 13.8 Å². The molecule has 0 spiro atoms. The number of amides is 1. The molecule has 0 saturated carbocycles. The fourth-order valence-corrected chi connectivity index (χ4v) is 3.31. The number of aliphatic hydroxyl groups is 1. The molecule has 2 rings (SSSR count). The van der Waals surface area contributed by atoms with Gasteiger partial charge in [0.25, 0.3) is 0 Å². The van der Waals surface area contributed by atoms with Gasteiger partial charge in [0.05, 0.1) is 12.1 Å². The van der Waals surface area contributed by atoms with Crippen molar-refractivity contribution < 1.29 is 9.90 Å². The van der Waals surface area contributed by atoms with Crippen LogP contribution in [0.5, 0.6) is 0 Å². The average Bonchev–Trinajstić information content (AvgIpc) is 2.46. The van der Waals surface area contributed by atoms with Gasteiger partial charge in [0, 0.05) is 25.7 Å². The van der Waals surface area contributed by atoms with E-state index in [0.717, 1.165) is 24.9 Å². The lowest BCUT2D eigenvalue weighted by Crippen LogP contribution is -2.49. The summed E-state index contributed by atoms with van der Waals surface area (Å²) in [6, 6.07) is 10.5. The summed E-state index contributed by atoms with van der Waals surface area (Å²) < 4.78 is 0. The molecule has 4 nitrogen and oxygen atoms in total. The number of piperidine rings is 1. The quantitative estimate of drug-likeness (QED) is 0.877. The number of likely N-dealkylation sites (tertiary alicyclic amines) is 1. The van der Waals surface area contributed by atoms with Gasteiger partial charge in [-0.05, 0) is 45.6 Å². The molecule has 1 unspecified atom stereocenters. The smallest absolute Gasteiger partial charge is 0.236 e. The van der Waals surface area contributed by atoms with E-state index < -0.39 is 5.60 Å². The summed E-state index contributed by atoms with van der Waals surface area (Å²) >= 11 is 0. The molecule has 0 bridgehead atoms. The predicted octanol–water partition coefficient (Wildman–Crippen LogP) is 2.66. The molecule has 1 aromatic carbocycles. The first-order valence-electron chi connectivity index (χ1n) is 8.63. The number of hydrogen-bond acceptors (Lipinski definition) is 3. The third kappa shape index (κ3) is 5.96. The van der Waals surface area contributed by atoms with Crippen LogP contribution in [-0.4, -0.2) is 52.1 Å². The lowest BCUT2D eigenvalue weighted by Gasteiger charge is -2.36. The molecule has 1 amide bonds. The molecule has 4 heteroatoms. The largest absolute Gasteiger partial charge is 0.389 e. The summed E-state index contributed by atoms with van der Waals surface area (Å²) in [6.07, 6.45) is 3.40. The Hall–Kier alpha value is -1.39. The third-order valence-electron chi connectivity index (χ3n) is 4.34. The first-order chi connectivity index (χ1) is 10.8. The monoisotopic (exact) mass is 318 g/mol. The highest BCUT2D eigenvalue weighted by Crippen LogP contribution is 2.18. The van der Waals surface area contributed by atoms with E-state index in [0.29, 0.717) is 25.7 Å². The molecule has 1 heterocycles. The fourth-order valence-electron chi connectivity index (χ4n) is 3.31. The van der Waals surface area contributed by atoms with Gasteiger partial charge in [-0.3, -0.25) is 9.69 Å². The van der Waals surface area contributed by atoms with E-state index in [4.69, 9.17) is 0 Å². The Morgan fingerprint density at radius 3 is 2.61 bits per heavy atom. The van der Waals surface area contributed by atoms with Gasteiger partial charge in [-0.1, -0.05) is 30.3 Å². The Balaban J connectivity index is 2.02. The van der Waals surface area contributed by atoms with Crippen molar-refractivity contribution in [1.29, 1.82) is 0 Å². The molecule has 1 aromatic rings. The number of nitrogens with zero attached hydrogens (tertiary/aromatic N) is 2. The van der Waals surface area contributed by atoms with Gasteiger partial charge in [0.1, 0.15) is 0 Å². The highest BCUT2D eigenvalue weighted by molar-refractivity contribution is 5.78. The van der Waals surface area contributed by atoms with Crippen LogP contribution < -0.4 is 0 Å². The van der Waals surface area contributed by atoms with E-state index in [1.165, 1.54) is 6.42 Å². The number of carbonyl (C=O) groups excluding carboxylic acids is 1. The minimum absolute atomic E-state index is 0.178. The minimum atomic E-state index is -0.817. The lowest BCUT2D eigenvalue weighted by molar-refractivity contribution is -0.136. The first-order valence-corrected chi connectivity index (χ1v) is 8.63. The summed E-state index contributed by atoms with van der Waals surface area (Å²) in [5.41, 5.74) is 0.346. The van der Waals surface area contributed by atoms with Gasteiger partial charge < -0.3 is 10.0 Å². The van der Waals surface area contributed by atoms with Crippen LogP contribution in [0.3, 0.4) is 0 Å². The summed E-state index contributed by atoms with van der Waals surface area (Å²) in [4.78, 5) is 16.8. The van der Waals surface area contributed by atoms with Crippen LogP contribution in [0, 0.1) is 0 Å². The topological polar surface area (TPSA) is 43.8 Å². The molecule has 1 atom stereocenters. The summed E-state index contributed by atoms with van der Waals surface area (Å²) in [6.45, 7) is 8.10. The molecule has 128 valence electrons.